The van der Waals surface area contributed by atoms with E-state index in [2.05, 4.69) is 49.3 Å². The molecule has 0 spiro atoms. The summed E-state index contributed by atoms with van der Waals surface area (Å²) in [7, 11) is 2.20. The second kappa shape index (κ2) is 6.12. The summed E-state index contributed by atoms with van der Waals surface area (Å²) in [5.74, 6) is 0. The SMILES string of the molecule is CCNCc1c2c(nc3c(CC)cccc13)CCN(C)C2. The largest absolute Gasteiger partial charge is 0.313 e. The minimum absolute atomic E-state index is 0.943. The molecule has 0 fully saturated rings. The van der Waals surface area contributed by atoms with Crippen molar-refractivity contribution in [3.63, 3.8) is 0 Å². The highest BCUT2D eigenvalue weighted by Gasteiger charge is 2.21. The molecule has 21 heavy (non-hydrogen) atoms. The number of hydrogen-bond donors (Lipinski definition) is 1. The van der Waals surface area contributed by atoms with Crippen LogP contribution in [0.3, 0.4) is 0 Å². The lowest BCUT2D eigenvalue weighted by molar-refractivity contribution is 0.309. The first-order valence-electron chi connectivity index (χ1n) is 8.06. The van der Waals surface area contributed by atoms with E-state index in [9.17, 15) is 0 Å². The number of likely N-dealkylation sites (N-methyl/N-ethyl adjacent to an activating group) is 1. The molecule has 0 saturated carbocycles. The molecular formula is C18H25N3. The predicted octanol–water partition coefficient (Wildman–Crippen LogP) is 2.89. The van der Waals surface area contributed by atoms with Gasteiger partial charge in [0.2, 0.25) is 0 Å². The molecule has 1 aromatic heterocycles. The van der Waals surface area contributed by atoms with E-state index in [1.54, 1.807) is 0 Å². The van der Waals surface area contributed by atoms with Gasteiger partial charge in [-0.25, -0.2) is 0 Å². The van der Waals surface area contributed by atoms with Crippen LogP contribution in [0, 0.1) is 0 Å². The first kappa shape index (κ1) is 14.5. The van der Waals surface area contributed by atoms with Crippen molar-refractivity contribution in [2.75, 3.05) is 20.1 Å². The van der Waals surface area contributed by atoms with E-state index in [1.807, 2.05) is 0 Å². The molecule has 0 amide bonds. The van der Waals surface area contributed by atoms with Crippen LogP contribution < -0.4 is 5.32 Å². The van der Waals surface area contributed by atoms with Gasteiger partial charge in [0.25, 0.3) is 0 Å². The first-order valence-corrected chi connectivity index (χ1v) is 8.06. The van der Waals surface area contributed by atoms with Gasteiger partial charge in [-0.1, -0.05) is 32.0 Å². The maximum atomic E-state index is 5.04. The summed E-state index contributed by atoms with van der Waals surface area (Å²) in [6, 6.07) is 6.63. The molecule has 0 unspecified atom stereocenters. The summed E-state index contributed by atoms with van der Waals surface area (Å²) in [6.45, 7) is 8.46. The average Bonchev–Trinajstić information content (AvgIpc) is 2.51. The van der Waals surface area contributed by atoms with Crippen molar-refractivity contribution in [2.24, 2.45) is 0 Å². The summed E-state index contributed by atoms with van der Waals surface area (Å²) >= 11 is 0. The summed E-state index contributed by atoms with van der Waals surface area (Å²) in [4.78, 5) is 7.43. The second-order valence-corrected chi connectivity index (χ2v) is 5.95. The van der Waals surface area contributed by atoms with Crippen molar-refractivity contribution < 1.29 is 0 Å². The maximum Gasteiger partial charge on any atom is 0.0740 e. The van der Waals surface area contributed by atoms with Gasteiger partial charge in [0.1, 0.15) is 0 Å². The Balaban J connectivity index is 2.23. The quantitative estimate of drug-likeness (QED) is 0.935. The van der Waals surface area contributed by atoms with Gasteiger partial charge in [-0.2, -0.15) is 0 Å². The molecule has 0 radical (unpaired) electrons. The highest BCUT2D eigenvalue weighted by atomic mass is 15.1. The molecule has 0 saturated heterocycles. The van der Waals surface area contributed by atoms with E-state index in [0.717, 1.165) is 39.0 Å². The van der Waals surface area contributed by atoms with Gasteiger partial charge in [0.15, 0.2) is 0 Å². The van der Waals surface area contributed by atoms with Gasteiger partial charge in [-0.05, 0) is 36.7 Å². The van der Waals surface area contributed by atoms with Crippen molar-refractivity contribution >= 4 is 10.9 Å². The van der Waals surface area contributed by atoms with Crippen LogP contribution in [0.2, 0.25) is 0 Å². The Morgan fingerprint density at radius 2 is 2.14 bits per heavy atom. The number of benzene rings is 1. The van der Waals surface area contributed by atoms with Crippen molar-refractivity contribution in [2.45, 2.75) is 39.8 Å². The van der Waals surface area contributed by atoms with Crippen LogP contribution in [-0.2, 0) is 25.9 Å². The van der Waals surface area contributed by atoms with Crippen molar-refractivity contribution in [1.82, 2.24) is 15.2 Å². The number of fused-ring (bicyclic) bond motifs is 2. The molecule has 1 aliphatic heterocycles. The van der Waals surface area contributed by atoms with Crippen LogP contribution in [0.1, 0.15) is 36.2 Å². The maximum absolute atomic E-state index is 5.04. The molecule has 0 atom stereocenters. The zero-order valence-electron chi connectivity index (χ0n) is 13.4. The van der Waals surface area contributed by atoms with Gasteiger partial charge in [0.05, 0.1) is 5.52 Å². The fourth-order valence-electron chi connectivity index (χ4n) is 3.28. The van der Waals surface area contributed by atoms with Crippen LogP contribution in [0.15, 0.2) is 18.2 Å². The monoisotopic (exact) mass is 283 g/mol. The Labute approximate surface area is 127 Å². The van der Waals surface area contributed by atoms with Crippen molar-refractivity contribution in [3.05, 3.63) is 40.6 Å². The third-order valence-corrected chi connectivity index (χ3v) is 4.50. The van der Waals surface area contributed by atoms with E-state index in [4.69, 9.17) is 4.98 Å². The molecule has 112 valence electrons. The van der Waals surface area contributed by atoms with E-state index >= 15 is 0 Å². The molecule has 3 nitrogen and oxygen atoms in total. The van der Waals surface area contributed by atoms with E-state index in [1.165, 1.54) is 33.3 Å². The highest BCUT2D eigenvalue weighted by Crippen LogP contribution is 2.29. The Morgan fingerprint density at radius 1 is 1.29 bits per heavy atom. The van der Waals surface area contributed by atoms with Gasteiger partial charge in [0, 0.05) is 37.1 Å². The van der Waals surface area contributed by atoms with E-state index in [0.29, 0.717) is 0 Å². The minimum Gasteiger partial charge on any atom is -0.313 e. The molecule has 3 heteroatoms. The number of nitrogens with one attached hydrogen (secondary N) is 1. The Hall–Kier alpha value is -1.45. The van der Waals surface area contributed by atoms with Crippen LogP contribution in [0.25, 0.3) is 10.9 Å². The number of hydrogen-bond acceptors (Lipinski definition) is 3. The third-order valence-electron chi connectivity index (χ3n) is 4.50. The zero-order valence-corrected chi connectivity index (χ0v) is 13.4. The number of nitrogens with zero attached hydrogens (tertiary/aromatic N) is 2. The van der Waals surface area contributed by atoms with Crippen LogP contribution in [0.5, 0.6) is 0 Å². The van der Waals surface area contributed by atoms with Crippen LogP contribution in [-0.4, -0.2) is 30.0 Å². The third kappa shape index (κ3) is 2.68. The topological polar surface area (TPSA) is 28.2 Å². The van der Waals surface area contributed by atoms with Gasteiger partial charge in [-0.15, -0.1) is 0 Å². The number of pyridine rings is 1. The van der Waals surface area contributed by atoms with Gasteiger partial charge >= 0.3 is 0 Å². The highest BCUT2D eigenvalue weighted by molar-refractivity contribution is 5.86. The molecule has 2 aromatic rings. The summed E-state index contributed by atoms with van der Waals surface area (Å²) in [5.41, 5.74) is 6.81. The second-order valence-electron chi connectivity index (χ2n) is 5.95. The van der Waals surface area contributed by atoms with Crippen LogP contribution >= 0.6 is 0 Å². The number of aromatic nitrogens is 1. The van der Waals surface area contributed by atoms with Gasteiger partial charge in [-0.3, -0.25) is 4.98 Å². The Kier molecular flexibility index (Phi) is 4.22. The molecule has 2 heterocycles. The normalized spacial score (nSPS) is 15.4. The first-order chi connectivity index (χ1) is 10.2. The summed E-state index contributed by atoms with van der Waals surface area (Å²) in [5, 5.41) is 4.85. The molecule has 1 N–H and O–H groups in total. The Bertz CT molecular complexity index is 648. The summed E-state index contributed by atoms with van der Waals surface area (Å²) in [6.07, 6.45) is 2.11. The molecule has 3 rings (SSSR count). The lowest BCUT2D eigenvalue weighted by Crippen LogP contribution is -2.29. The molecule has 0 aliphatic carbocycles. The minimum atomic E-state index is 0.943. The lowest BCUT2D eigenvalue weighted by atomic mass is 9.94. The van der Waals surface area contributed by atoms with Gasteiger partial charge < -0.3 is 10.2 Å². The van der Waals surface area contributed by atoms with Crippen molar-refractivity contribution in [1.29, 1.82) is 0 Å². The fourth-order valence-corrected chi connectivity index (χ4v) is 3.28. The summed E-state index contributed by atoms with van der Waals surface area (Å²) < 4.78 is 0. The van der Waals surface area contributed by atoms with Crippen LogP contribution in [0.4, 0.5) is 0 Å². The molecule has 1 aliphatic rings. The number of para-hydroxylation sites is 1. The standard InChI is InChI=1S/C18H25N3/c1-4-13-7-6-8-14-15(11-19-5-2)16-12-21(3)10-9-17(16)20-18(13)14/h6-8,19H,4-5,9-12H2,1-3H3. The lowest BCUT2D eigenvalue weighted by Gasteiger charge is -2.28. The molecule has 0 bridgehead atoms. The Morgan fingerprint density at radius 3 is 2.90 bits per heavy atom. The zero-order chi connectivity index (χ0) is 14.8. The van der Waals surface area contributed by atoms with E-state index in [-0.39, 0.29) is 0 Å². The fraction of sp³-hybridized carbons (Fsp3) is 0.500. The smallest absolute Gasteiger partial charge is 0.0740 e. The molecule has 1 aromatic carbocycles. The van der Waals surface area contributed by atoms with E-state index < -0.39 is 0 Å². The number of rotatable bonds is 4. The average molecular weight is 283 g/mol. The predicted molar refractivity (Wildman–Crippen MR) is 88.5 cm³/mol. The number of aryl methyl sites for hydroxylation is 1. The molecular weight excluding hydrogens is 258 g/mol. The van der Waals surface area contributed by atoms with Crippen molar-refractivity contribution in [3.8, 4) is 0 Å².